The highest BCUT2D eigenvalue weighted by atomic mass is 16.4. The first kappa shape index (κ1) is 16.5. The zero-order valence-electron chi connectivity index (χ0n) is 12.4. The average molecular weight is 284 g/mol. The maximum Gasteiger partial charge on any atom is 0.311 e. The molecule has 1 saturated heterocycles. The molecule has 2 amide bonds. The van der Waals surface area contributed by atoms with E-state index in [2.05, 4.69) is 5.32 Å². The van der Waals surface area contributed by atoms with Crippen LogP contribution in [-0.4, -0.2) is 47.4 Å². The van der Waals surface area contributed by atoms with Crippen LogP contribution in [0, 0.1) is 11.3 Å². The molecule has 0 aromatic heterocycles. The van der Waals surface area contributed by atoms with E-state index in [0.717, 1.165) is 6.42 Å². The summed E-state index contributed by atoms with van der Waals surface area (Å²) in [7, 11) is 0. The Morgan fingerprint density at radius 3 is 2.50 bits per heavy atom. The number of rotatable bonds is 6. The van der Waals surface area contributed by atoms with Crippen molar-refractivity contribution in [2.24, 2.45) is 11.3 Å². The molecule has 1 aliphatic heterocycles. The molecule has 1 heterocycles. The predicted octanol–water partition coefficient (Wildman–Crippen LogP) is 0.862. The number of amides is 2. The Labute approximate surface area is 119 Å². The van der Waals surface area contributed by atoms with Crippen molar-refractivity contribution in [1.82, 2.24) is 10.2 Å². The lowest BCUT2D eigenvalue weighted by molar-refractivity contribution is -0.147. The summed E-state index contributed by atoms with van der Waals surface area (Å²) in [6.45, 7) is 6.31. The van der Waals surface area contributed by atoms with Crippen LogP contribution >= 0.6 is 0 Å². The molecule has 1 fully saturated rings. The van der Waals surface area contributed by atoms with Gasteiger partial charge in [-0.25, -0.2) is 0 Å². The maximum atomic E-state index is 11.9. The van der Waals surface area contributed by atoms with Gasteiger partial charge in [0, 0.05) is 19.5 Å². The fraction of sp³-hybridized carbons (Fsp3) is 0.786. The third-order valence-corrected chi connectivity index (χ3v) is 3.73. The van der Waals surface area contributed by atoms with E-state index < -0.39 is 11.4 Å². The summed E-state index contributed by atoms with van der Waals surface area (Å²) in [6, 6.07) is 0. The van der Waals surface area contributed by atoms with Gasteiger partial charge in [0.15, 0.2) is 0 Å². The van der Waals surface area contributed by atoms with E-state index in [9.17, 15) is 14.4 Å². The van der Waals surface area contributed by atoms with Crippen LogP contribution in [0.4, 0.5) is 0 Å². The Bertz CT molecular complexity index is 395. The number of carboxylic acids is 1. The maximum absolute atomic E-state index is 11.9. The van der Waals surface area contributed by atoms with Crippen LogP contribution in [0.3, 0.4) is 0 Å². The van der Waals surface area contributed by atoms with Gasteiger partial charge < -0.3 is 15.3 Å². The number of aliphatic carboxylic acids is 1. The van der Waals surface area contributed by atoms with E-state index in [1.165, 1.54) is 4.90 Å². The highest BCUT2D eigenvalue weighted by Gasteiger charge is 2.41. The van der Waals surface area contributed by atoms with Crippen LogP contribution in [0.1, 0.15) is 40.0 Å². The summed E-state index contributed by atoms with van der Waals surface area (Å²) in [5, 5.41) is 11.7. The number of nitrogens with zero attached hydrogens (tertiary/aromatic N) is 1. The molecule has 1 aliphatic rings. The van der Waals surface area contributed by atoms with Gasteiger partial charge in [0.2, 0.25) is 11.8 Å². The molecule has 0 bridgehead atoms. The molecule has 114 valence electrons. The van der Waals surface area contributed by atoms with Crippen molar-refractivity contribution < 1.29 is 19.5 Å². The van der Waals surface area contributed by atoms with E-state index in [-0.39, 0.29) is 24.9 Å². The first-order valence-electron chi connectivity index (χ1n) is 7.02. The van der Waals surface area contributed by atoms with Gasteiger partial charge in [-0.2, -0.15) is 0 Å². The third-order valence-electron chi connectivity index (χ3n) is 3.73. The van der Waals surface area contributed by atoms with Crippen molar-refractivity contribution in [3.63, 3.8) is 0 Å². The lowest BCUT2D eigenvalue weighted by atomic mass is 9.90. The van der Waals surface area contributed by atoms with Gasteiger partial charge in [0.1, 0.15) is 0 Å². The second kappa shape index (κ2) is 6.72. The molecule has 6 nitrogen and oxygen atoms in total. The first-order valence-corrected chi connectivity index (χ1v) is 7.02. The number of hydrogen-bond acceptors (Lipinski definition) is 3. The van der Waals surface area contributed by atoms with Crippen molar-refractivity contribution in [2.45, 2.75) is 40.0 Å². The minimum Gasteiger partial charge on any atom is -0.481 e. The minimum absolute atomic E-state index is 0.0490. The zero-order chi connectivity index (χ0) is 15.3. The van der Waals surface area contributed by atoms with Crippen LogP contribution in [0.15, 0.2) is 0 Å². The van der Waals surface area contributed by atoms with Crippen LogP contribution in [0.25, 0.3) is 0 Å². The number of carbonyl (C=O) groups is 3. The second-order valence-electron chi connectivity index (χ2n) is 6.14. The summed E-state index contributed by atoms with van der Waals surface area (Å²) in [5.41, 5.74) is -0.864. The molecular formula is C14H24N2O4. The molecule has 0 aliphatic carbocycles. The van der Waals surface area contributed by atoms with E-state index in [1.54, 1.807) is 6.92 Å². The Balaban J connectivity index is 2.34. The molecule has 1 unspecified atom stereocenters. The molecule has 1 atom stereocenters. The molecule has 20 heavy (non-hydrogen) atoms. The SMILES string of the molecule is CC(C)CCC(=O)NCC(=O)N1CCC(C)(C(=O)O)C1. The predicted molar refractivity (Wildman–Crippen MR) is 74.0 cm³/mol. The van der Waals surface area contributed by atoms with Crippen LogP contribution < -0.4 is 5.32 Å². The normalized spacial score (nSPS) is 22.1. The fourth-order valence-electron chi connectivity index (χ4n) is 2.14. The van der Waals surface area contributed by atoms with Gasteiger partial charge in [-0.3, -0.25) is 14.4 Å². The molecule has 0 spiro atoms. The number of hydrogen-bond donors (Lipinski definition) is 2. The van der Waals surface area contributed by atoms with E-state index in [1.807, 2.05) is 13.8 Å². The third kappa shape index (κ3) is 4.51. The zero-order valence-corrected chi connectivity index (χ0v) is 12.4. The molecule has 1 rings (SSSR count). The van der Waals surface area contributed by atoms with Crippen LogP contribution in [0.5, 0.6) is 0 Å². The van der Waals surface area contributed by atoms with Crippen LogP contribution in [-0.2, 0) is 14.4 Å². The summed E-state index contributed by atoms with van der Waals surface area (Å²) in [6.07, 6.45) is 1.66. The van der Waals surface area contributed by atoms with Gasteiger partial charge in [0.05, 0.1) is 12.0 Å². The number of carboxylic acid groups (broad SMARTS) is 1. The fourth-order valence-corrected chi connectivity index (χ4v) is 2.14. The largest absolute Gasteiger partial charge is 0.481 e. The average Bonchev–Trinajstić information content (AvgIpc) is 2.77. The summed E-state index contributed by atoms with van der Waals surface area (Å²) >= 11 is 0. The van der Waals surface area contributed by atoms with Gasteiger partial charge in [-0.15, -0.1) is 0 Å². The molecule has 0 saturated carbocycles. The second-order valence-corrected chi connectivity index (χ2v) is 6.14. The highest BCUT2D eigenvalue weighted by molar-refractivity contribution is 5.86. The smallest absolute Gasteiger partial charge is 0.311 e. The molecule has 0 aromatic rings. The Kier molecular flexibility index (Phi) is 5.53. The number of likely N-dealkylation sites (tertiary alicyclic amines) is 1. The summed E-state index contributed by atoms with van der Waals surface area (Å²) in [4.78, 5) is 36.1. The molecule has 6 heteroatoms. The molecule has 0 aromatic carbocycles. The topological polar surface area (TPSA) is 86.7 Å². The van der Waals surface area contributed by atoms with Crippen molar-refractivity contribution in [3.8, 4) is 0 Å². The first-order chi connectivity index (χ1) is 9.24. The Morgan fingerprint density at radius 2 is 2.00 bits per heavy atom. The van der Waals surface area contributed by atoms with Crippen molar-refractivity contribution in [1.29, 1.82) is 0 Å². The van der Waals surface area contributed by atoms with E-state index in [0.29, 0.717) is 25.3 Å². The monoisotopic (exact) mass is 284 g/mol. The van der Waals surface area contributed by atoms with E-state index >= 15 is 0 Å². The minimum atomic E-state index is -0.881. The summed E-state index contributed by atoms with van der Waals surface area (Å²) < 4.78 is 0. The number of nitrogens with one attached hydrogen (secondary N) is 1. The van der Waals surface area contributed by atoms with Gasteiger partial charge in [0.25, 0.3) is 0 Å². The number of carbonyl (C=O) groups excluding carboxylic acids is 2. The molecule has 2 N–H and O–H groups in total. The standard InChI is InChI=1S/C14H24N2O4/c1-10(2)4-5-11(17)15-8-12(18)16-7-6-14(3,9-16)13(19)20/h10H,4-9H2,1-3H3,(H,15,17)(H,19,20). The highest BCUT2D eigenvalue weighted by Crippen LogP contribution is 2.29. The van der Waals surface area contributed by atoms with Gasteiger partial charge in [-0.05, 0) is 25.7 Å². The lowest BCUT2D eigenvalue weighted by Crippen LogP contribution is -2.41. The van der Waals surface area contributed by atoms with Gasteiger partial charge >= 0.3 is 5.97 Å². The quantitative estimate of drug-likeness (QED) is 0.757. The Morgan fingerprint density at radius 1 is 1.35 bits per heavy atom. The van der Waals surface area contributed by atoms with Crippen molar-refractivity contribution >= 4 is 17.8 Å². The Hall–Kier alpha value is -1.59. The van der Waals surface area contributed by atoms with Crippen molar-refractivity contribution in [2.75, 3.05) is 19.6 Å². The summed E-state index contributed by atoms with van der Waals surface area (Å²) in [5.74, 6) is -0.778. The lowest BCUT2D eigenvalue weighted by Gasteiger charge is -2.20. The van der Waals surface area contributed by atoms with Crippen LogP contribution in [0.2, 0.25) is 0 Å². The molecular weight excluding hydrogens is 260 g/mol. The van der Waals surface area contributed by atoms with Crippen molar-refractivity contribution in [3.05, 3.63) is 0 Å². The molecule has 0 radical (unpaired) electrons. The van der Waals surface area contributed by atoms with E-state index in [4.69, 9.17) is 5.11 Å². The van der Waals surface area contributed by atoms with Gasteiger partial charge in [-0.1, -0.05) is 13.8 Å².